The standard InChI is InChI=1S/C10H16N4S2/c1-11-9-4-10(14-7-13-9)12-5-8-6-15-2-3-16-8/h4,7-8H,2-3,5-6H2,1H3,(H2,11,12,13,14). The first-order chi connectivity index (χ1) is 7.88. The van der Waals surface area contributed by atoms with Crippen molar-refractivity contribution in [1.29, 1.82) is 0 Å². The summed E-state index contributed by atoms with van der Waals surface area (Å²) in [5.41, 5.74) is 0. The van der Waals surface area contributed by atoms with Crippen molar-refractivity contribution < 1.29 is 0 Å². The van der Waals surface area contributed by atoms with E-state index in [2.05, 4.69) is 32.4 Å². The molecule has 0 bridgehead atoms. The molecule has 6 heteroatoms. The van der Waals surface area contributed by atoms with Crippen molar-refractivity contribution in [2.75, 3.05) is 41.5 Å². The van der Waals surface area contributed by atoms with Crippen LogP contribution in [-0.4, -0.2) is 46.1 Å². The fraction of sp³-hybridized carbons (Fsp3) is 0.600. The van der Waals surface area contributed by atoms with Gasteiger partial charge in [0.15, 0.2) is 0 Å². The summed E-state index contributed by atoms with van der Waals surface area (Å²) >= 11 is 4.09. The van der Waals surface area contributed by atoms with Gasteiger partial charge >= 0.3 is 0 Å². The van der Waals surface area contributed by atoms with Crippen LogP contribution in [0.25, 0.3) is 0 Å². The third-order valence-corrected chi connectivity index (χ3v) is 5.16. The number of anilines is 2. The number of rotatable bonds is 4. The number of hydrogen-bond donors (Lipinski definition) is 2. The molecule has 0 aliphatic carbocycles. The van der Waals surface area contributed by atoms with Crippen LogP contribution in [0.4, 0.5) is 11.6 Å². The van der Waals surface area contributed by atoms with Crippen molar-refractivity contribution in [2.45, 2.75) is 5.25 Å². The van der Waals surface area contributed by atoms with E-state index in [0.717, 1.165) is 18.2 Å². The second-order valence-corrected chi connectivity index (χ2v) is 6.05. The van der Waals surface area contributed by atoms with Crippen LogP contribution in [0.3, 0.4) is 0 Å². The molecule has 1 fully saturated rings. The van der Waals surface area contributed by atoms with Gasteiger partial charge in [-0.25, -0.2) is 9.97 Å². The molecule has 0 amide bonds. The van der Waals surface area contributed by atoms with E-state index < -0.39 is 0 Å². The van der Waals surface area contributed by atoms with Crippen molar-refractivity contribution in [3.8, 4) is 0 Å². The summed E-state index contributed by atoms with van der Waals surface area (Å²) in [6.45, 7) is 0.984. The van der Waals surface area contributed by atoms with Crippen molar-refractivity contribution >= 4 is 35.2 Å². The Morgan fingerprint density at radius 1 is 1.38 bits per heavy atom. The number of nitrogens with one attached hydrogen (secondary N) is 2. The highest BCUT2D eigenvalue weighted by Crippen LogP contribution is 2.24. The molecule has 1 aromatic rings. The van der Waals surface area contributed by atoms with E-state index in [0.29, 0.717) is 5.25 Å². The van der Waals surface area contributed by atoms with Crippen LogP contribution in [0.5, 0.6) is 0 Å². The maximum absolute atomic E-state index is 4.19. The zero-order valence-electron chi connectivity index (χ0n) is 9.27. The minimum absolute atomic E-state index is 0.701. The minimum Gasteiger partial charge on any atom is -0.373 e. The molecule has 2 heterocycles. The summed E-state index contributed by atoms with van der Waals surface area (Å²) in [6.07, 6.45) is 1.58. The maximum atomic E-state index is 4.19. The highest BCUT2D eigenvalue weighted by Gasteiger charge is 2.13. The molecule has 2 N–H and O–H groups in total. The number of thioether (sulfide) groups is 2. The quantitative estimate of drug-likeness (QED) is 0.856. The molecule has 1 aliphatic rings. The maximum Gasteiger partial charge on any atom is 0.131 e. The second kappa shape index (κ2) is 6.20. The van der Waals surface area contributed by atoms with Gasteiger partial charge in [-0.15, -0.1) is 0 Å². The SMILES string of the molecule is CNc1cc(NCC2CSCCS2)ncn1. The Labute approximate surface area is 104 Å². The molecule has 1 atom stereocenters. The summed E-state index contributed by atoms with van der Waals surface area (Å²) in [7, 11) is 1.86. The smallest absolute Gasteiger partial charge is 0.131 e. The van der Waals surface area contributed by atoms with Gasteiger partial charge in [0.05, 0.1) is 0 Å². The zero-order chi connectivity index (χ0) is 11.2. The van der Waals surface area contributed by atoms with E-state index in [-0.39, 0.29) is 0 Å². The van der Waals surface area contributed by atoms with Crippen molar-refractivity contribution in [2.24, 2.45) is 0 Å². The van der Waals surface area contributed by atoms with E-state index in [4.69, 9.17) is 0 Å². The molecule has 88 valence electrons. The molecule has 2 rings (SSSR count). The Balaban J connectivity index is 1.83. The average molecular weight is 256 g/mol. The van der Waals surface area contributed by atoms with Crippen LogP contribution >= 0.6 is 23.5 Å². The van der Waals surface area contributed by atoms with Crippen molar-refractivity contribution in [3.63, 3.8) is 0 Å². The van der Waals surface area contributed by atoms with Gasteiger partial charge in [-0.3, -0.25) is 0 Å². The van der Waals surface area contributed by atoms with Crippen LogP contribution in [0.1, 0.15) is 0 Å². The number of aromatic nitrogens is 2. The van der Waals surface area contributed by atoms with Gasteiger partial charge in [-0.05, 0) is 0 Å². The van der Waals surface area contributed by atoms with Gasteiger partial charge < -0.3 is 10.6 Å². The van der Waals surface area contributed by atoms with E-state index in [9.17, 15) is 0 Å². The Morgan fingerprint density at radius 3 is 3.00 bits per heavy atom. The molecule has 1 aliphatic heterocycles. The Bertz CT molecular complexity index is 328. The third-order valence-electron chi connectivity index (χ3n) is 2.32. The number of hydrogen-bond acceptors (Lipinski definition) is 6. The van der Waals surface area contributed by atoms with Gasteiger partial charge in [0.25, 0.3) is 0 Å². The lowest BCUT2D eigenvalue weighted by molar-refractivity contribution is 0.987. The van der Waals surface area contributed by atoms with Crippen LogP contribution in [0.15, 0.2) is 12.4 Å². The highest BCUT2D eigenvalue weighted by molar-refractivity contribution is 8.06. The lowest BCUT2D eigenvalue weighted by Crippen LogP contribution is -2.23. The van der Waals surface area contributed by atoms with Crippen LogP contribution in [0, 0.1) is 0 Å². The first-order valence-corrected chi connectivity index (χ1v) is 7.52. The summed E-state index contributed by atoms with van der Waals surface area (Å²) in [6, 6.07) is 1.93. The molecule has 0 radical (unpaired) electrons. The molecule has 1 saturated heterocycles. The van der Waals surface area contributed by atoms with Crippen molar-refractivity contribution in [1.82, 2.24) is 9.97 Å². The predicted molar refractivity (Wildman–Crippen MR) is 73.6 cm³/mol. The molecule has 1 unspecified atom stereocenters. The third kappa shape index (κ3) is 3.45. The molecular weight excluding hydrogens is 240 g/mol. The monoisotopic (exact) mass is 256 g/mol. The summed E-state index contributed by atoms with van der Waals surface area (Å²) in [4.78, 5) is 8.27. The summed E-state index contributed by atoms with van der Waals surface area (Å²) in [5.74, 6) is 5.54. The molecule has 16 heavy (non-hydrogen) atoms. The largest absolute Gasteiger partial charge is 0.373 e. The van der Waals surface area contributed by atoms with Gasteiger partial charge in [0, 0.05) is 42.2 Å². The normalized spacial score (nSPS) is 20.4. The highest BCUT2D eigenvalue weighted by atomic mass is 32.2. The van der Waals surface area contributed by atoms with E-state index in [1.807, 2.05) is 24.9 Å². The van der Waals surface area contributed by atoms with Gasteiger partial charge in [0.1, 0.15) is 18.0 Å². The van der Waals surface area contributed by atoms with E-state index in [1.54, 1.807) is 6.33 Å². The lowest BCUT2D eigenvalue weighted by Gasteiger charge is -2.21. The van der Waals surface area contributed by atoms with Gasteiger partial charge in [0.2, 0.25) is 0 Å². The molecule has 0 saturated carbocycles. The molecule has 0 aromatic carbocycles. The first kappa shape index (κ1) is 11.9. The topological polar surface area (TPSA) is 49.8 Å². The molecule has 0 spiro atoms. The molecular formula is C10H16N4S2. The van der Waals surface area contributed by atoms with Crippen LogP contribution in [-0.2, 0) is 0 Å². The second-order valence-electron chi connectivity index (χ2n) is 3.49. The van der Waals surface area contributed by atoms with Crippen LogP contribution < -0.4 is 10.6 Å². The van der Waals surface area contributed by atoms with Crippen LogP contribution in [0.2, 0.25) is 0 Å². The zero-order valence-corrected chi connectivity index (χ0v) is 10.9. The Morgan fingerprint density at radius 2 is 2.25 bits per heavy atom. The average Bonchev–Trinajstić information content (AvgIpc) is 2.38. The minimum atomic E-state index is 0.701. The Hall–Kier alpha value is -0.620. The first-order valence-electron chi connectivity index (χ1n) is 5.31. The fourth-order valence-corrected chi connectivity index (χ4v) is 4.08. The fourth-order valence-electron chi connectivity index (χ4n) is 1.46. The number of nitrogens with zero attached hydrogens (tertiary/aromatic N) is 2. The predicted octanol–water partition coefficient (Wildman–Crippen LogP) is 1.78. The van der Waals surface area contributed by atoms with Crippen molar-refractivity contribution in [3.05, 3.63) is 12.4 Å². The molecule has 4 nitrogen and oxygen atoms in total. The van der Waals surface area contributed by atoms with Gasteiger partial charge in [-0.1, -0.05) is 0 Å². The summed E-state index contributed by atoms with van der Waals surface area (Å²) in [5, 5.41) is 7.07. The van der Waals surface area contributed by atoms with E-state index in [1.165, 1.54) is 17.3 Å². The van der Waals surface area contributed by atoms with E-state index >= 15 is 0 Å². The lowest BCUT2D eigenvalue weighted by atomic mass is 10.4. The van der Waals surface area contributed by atoms with Gasteiger partial charge in [-0.2, -0.15) is 23.5 Å². The molecule has 1 aromatic heterocycles. The Kier molecular flexibility index (Phi) is 4.59. The summed E-state index contributed by atoms with van der Waals surface area (Å²) < 4.78 is 0.